The number of hydrogen-bond acceptors (Lipinski definition) is 8. The van der Waals surface area contributed by atoms with Crippen molar-refractivity contribution in [1.82, 2.24) is 10.3 Å². The van der Waals surface area contributed by atoms with Crippen molar-refractivity contribution in [2.24, 2.45) is 5.16 Å². The lowest BCUT2D eigenvalue weighted by molar-refractivity contribution is -0.119. The van der Waals surface area contributed by atoms with Gasteiger partial charge in [-0.05, 0) is 44.4 Å². The average molecular weight is 388 g/mol. The number of nitrogens with one attached hydrogen (secondary N) is 2. The summed E-state index contributed by atoms with van der Waals surface area (Å²) >= 11 is 3.04. The highest BCUT2D eigenvalue weighted by atomic mass is 79.9. The van der Waals surface area contributed by atoms with E-state index in [9.17, 15) is 9.18 Å². The Morgan fingerprint density at radius 2 is 2.35 bits per heavy atom. The summed E-state index contributed by atoms with van der Waals surface area (Å²) in [5.74, 6) is -0.749. The van der Waals surface area contributed by atoms with Crippen molar-refractivity contribution in [3.05, 3.63) is 34.2 Å². The highest BCUT2D eigenvalue weighted by Crippen LogP contribution is 2.19. The second kappa shape index (κ2) is 8.19. The molecule has 122 valence electrons. The quantitative estimate of drug-likeness (QED) is 0.551. The molecule has 0 saturated carbocycles. The maximum atomic E-state index is 13.1. The van der Waals surface area contributed by atoms with E-state index < -0.39 is 11.7 Å². The number of amides is 1. The number of methoxy groups -OCH3 is 1. The monoisotopic (exact) mass is 387 g/mol. The van der Waals surface area contributed by atoms with Gasteiger partial charge in [-0.15, -0.1) is 0 Å². The Labute approximate surface area is 137 Å². The van der Waals surface area contributed by atoms with Crippen LogP contribution in [0.4, 0.5) is 15.9 Å². The lowest BCUT2D eigenvalue weighted by atomic mass is 10.3. The fraction of sp³-hybridized carbons (Fsp3) is 0.167. The molecular weight excluding hydrogens is 377 g/mol. The maximum Gasteiger partial charge on any atom is 0.251 e. The van der Waals surface area contributed by atoms with Crippen LogP contribution in [-0.4, -0.2) is 36.2 Å². The molecule has 23 heavy (non-hydrogen) atoms. The first-order valence-electron chi connectivity index (χ1n) is 6.12. The van der Waals surface area contributed by atoms with Gasteiger partial charge in [0.2, 0.25) is 5.82 Å². The second-order valence-electron chi connectivity index (χ2n) is 4.04. The lowest BCUT2D eigenvalue weighted by Crippen LogP contribution is -2.18. The first-order valence-corrected chi connectivity index (χ1v) is 6.91. The molecule has 0 saturated heterocycles. The number of aromatic nitrogens is 2. The van der Waals surface area contributed by atoms with Gasteiger partial charge in [0.15, 0.2) is 5.69 Å². The molecule has 9 nitrogen and oxygen atoms in total. The number of oxime groups is 1. The molecule has 2 aromatic rings. The zero-order chi connectivity index (χ0) is 16.7. The predicted octanol–water partition coefficient (Wildman–Crippen LogP) is 1.93. The Bertz CT molecular complexity index is 709. The third-order valence-electron chi connectivity index (χ3n) is 2.36. The van der Waals surface area contributed by atoms with Gasteiger partial charge in [0.1, 0.15) is 18.6 Å². The molecule has 0 atom stereocenters. The van der Waals surface area contributed by atoms with E-state index in [1.807, 2.05) is 0 Å². The van der Waals surface area contributed by atoms with E-state index in [0.29, 0.717) is 5.69 Å². The number of nitrogens with zero attached hydrogens (tertiary/aromatic N) is 3. The van der Waals surface area contributed by atoms with Gasteiger partial charge in [0.05, 0.1) is 10.2 Å². The molecule has 1 aromatic heterocycles. The largest absolute Gasteiger partial charge is 0.375 e. The Balaban J connectivity index is 1.89. The van der Waals surface area contributed by atoms with Crippen LogP contribution in [-0.2, 0) is 14.5 Å². The van der Waals surface area contributed by atoms with Crippen molar-refractivity contribution in [3.8, 4) is 0 Å². The van der Waals surface area contributed by atoms with E-state index in [1.54, 1.807) is 0 Å². The number of rotatable bonds is 7. The van der Waals surface area contributed by atoms with Crippen molar-refractivity contribution >= 4 is 39.6 Å². The maximum absolute atomic E-state index is 13.1. The molecule has 1 amide bonds. The number of benzene rings is 1. The molecule has 1 aromatic carbocycles. The zero-order valence-corrected chi connectivity index (χ0v) is 13.3. The van der Waals surface area contributed by atoms with E-state index in [-0.39, 0.29) is 22.6 Å². The third-order valence-corrected chi connectivity index (χ3v) is 2.97. The fourth-order valence-corrected chi connectivity index (χ4v) is 1.76. The summed E-state index contributed by atoms with van der Waals surface area (Å²) in [6.45, 7) is -0.138. The third kappa shape index (κ3) is 5.00. The van der Waals surface area contributed by atoms with E-state index >= 15 is 0 Å². The number of carbonyl (C=O) groups excluding carboxylic acids is 1. The Hall–Kier alpha value is -2.53. The van der Waals surface area contributed by atoms with Crippen LogP contribution in [0.25, 0.3) is 0 Å². The van der Waals surface area contributed by atoms with E-state index in [1.165, 1.54) is 31.5 Å². The van der Waals surface area contributed by atoms with Gasteiger partial charge >= 0.3 is 0 Å². The normalized spacial score (nSPS) is 10.7. The van der Waals surface area contributed by atoms with Crippen LogP contribution < -0.4 is 10.8 Å². The Morgan fingerprint density at radius 1 is 1.52 bits per heavy atom. The molecule has 0 aliphatic carbocycles. The van der Waals surface area contributed by atoms with Crippen LogP contribution in [0.15, 0.2) is 32.5 Å². The molecule has 0 aliphatic rings. The van der Waals surface area contributed by atoms with Gasteiger partial charge in [-0.25, -0.2) is 9.02 Å². The smallest absolute Gasteiger partial charge is 0.251 e. The van der Waals surface area contributed by atoms with Crippen LogP contribution >= 0.6 is 15.9 Å². The number of halogens is 2. The molecule has 0 radical (unpaired) electrons. The molecule has 2 rings (SSSR count). The Morgan fingerprint density at radius 3 is 3.09 bits per heavy atom. The minimum absolute atomic E-state index is 0.0731. The summed E-state index contributed by atoms with van der Waals surface area (Å²) in [6.07, 6.45) is 1.17. The van der Waals surface area contributed by atoms with Crippen molar-refractivity contribution in [3.63, 3.8) is 0 Å². The van der Waals surface area contributed by atoms with Crippen LogP contribution in [0.1, 0.15) is 5.69 Å². The summed E-state index contributed by atoms with van der Waals surface area (Å²) in [4.78, 5) is 16.2. The summed E-state index contributed by atoms with van der Waals surface area (Å²) in [7, 11) is 1.39. The fourth-order valence-electron chi connectivity index (χ4n) is 1.38. The van der Waals surface area contributed by atoms with Crippen LogP contribution in [0.3, 0.4) is 0 Å². The number of anilines is 2. The first-order chi connectivity index (χ1) is 11.1. The first kappa shape index (κ1) is 16.8. The van der Waals surface area contributed by atoms with E-state index in [4.69, 9.17) is 4.94 Å². The number of hydrogen-bond donors (Lipinski definition) is 2. The second-order valence-corrected chi connectivity index (χ2v) is 4.89. The molecule has 1 heterocycles. The summed E-state index contributed by atoms with van der Waals surface area (Å²) < 4.78 is 22.5. The SMILES string of the molecule is COCC(=O)Nc1nonc1/C=N/ONc1ccc(F)c(Br)c1. The lowest BCUT2D eigenvalue weighted by Gasteiger charge is -2.03. The van der Waals surface area contributed by atoms with Crippen LogP contribution in [0, 0.1) is 5.82 Å². The highest BCUT2D eigenvalue weighted by molar-refractivity contribution is 9.10. The van der Waals surface area contributed by atoms with Gasteiger partial charge in [0, 0.05) is 7.11 Å². The van der Waals surface area contributed by atoms with Gasteiger partial charge in [-0.2, -0.15) is 5.48 Å². The summed E-state index contributed by atoms with van der Waals surface area (Å²) in [5.41, 5.74) is 3.10. The van der Waals surface area contributed by atoms with Crippen molar-refractivity contribution in [1.29, 1.82) is 0 Å². The highest BCUT2D eigenvalue weighted by Gasteiger charge is 2.11. The molecule has 0 spiro atoms. The summed E-state index contributed by atoms with van der Waals surface area (Å²) in [5, 5.41) is 13.1. The minimum atomic E-state index is -0.423. The standard InChI is InChI=1S/C12H11BrFN5O4/c1-21-6-11(20)16-12-10(18-23-19-12)5-15-22-17-7-2-3-9(14)8(13)4-7/h2-5,17H,6H2,1H3,(H,16,19,20)/b15-5+. The van der Waals surface area contributed by atoms with Gasteiger partial charge < -0.3 is 10.1 Å². The molecule has 0 unspecified atom stereocenters. The molecule has 2 N–H and O–H groups in total. The molecule has 0 bridgehead atoms. The van der Waals surface area contributed by atoms with E-state index in [0.717, 1.165) is 0 Å². The summed E-state index contributed by atoms with van der Waals surface area (Å²) in [6, 6.07) is 4.19. The molecule has 0 aliphatic heterocycles. The topological polar surface area (TPSA) is 111 Å². The van der Waals surface area contributed by atoms with E-state index in [2.05, 4.69) is 51.6 Å². The Kier molecular flexibility index (Phi) is 6.00. The molecule has 0 fully saturated rings. The van der Waals surface area contributed by atoms with Crippen molar-refractivity contribution < 1.29 is 23.5 Å². The number of ether oxygens (including phenoxy) is 1. The minimum Gasteiger partial charge on any atom is -0.375 e. The van der Waals surface area contributed by atoms with Crippen LogP contribution in [0.5, 0.6) is 0 Å². The van der Waals surface area contributed by atoms with Crippen LogP contribution in [0.2, 0.25) is 0 Å². The number of carbonyl (C=O) groups is 1. The predicted molar refractivity (Wildman–Crippen MR) is 81.2 cm³/mol. The van der Waals surface area contributed by atoms with Gasteiger partial charge in [0.25, 0.3) is 5.91 Å². The molecular formula is C12H11BrFN5O4. The molecule has 11 heteroatoms. The van der Waals surface area contributed by atoms with Crippen molar-refractivity contribution in [2.75, 3.05) is 24.5 Å². The van der Waals surface area contributed by atoms with Gasteiger partial charge in [-0.3, -0.25) is 9.73 Å². The van der Waals surface area contributed by atoms with Gasteiger partial charge in [-0.1, -0.05) is 5.16 Å². The van der Waals surface area contributed by atoms with Crippen molar-refractivity contribution in [2.45, 2.75) is 0 Å². The zero-order valence-electron chi connectivity index (χ0n) is 11.7. The average Bonchev–Trinajstić information content (AvgIpc) is 2.94.